The van der Waals surface area contributed by atoms with Gasteiger partial charge in [-0.2, -0.15) is 0 Å². The minimum atomic E-state index is 0.0609. The molecule has 1 amide bonds. The number of nitrogens with zero attached hydrogens (tertiary/aromatic N) is 1. The van der Waals surface area contributed by atoms with Crippen LogP contribution in [-0.4, -0.2) is 37.1 Å². The normalized spacial score (nSPS) is 19.0. The summed E-state index contributed by atoms with van der Waals surface area (Å²) in [6, 6.07) is 7.48. The number of halogens is 1. The fraction of sp³-hybridized carbons (Fsp3) is 0.500. The van der Waals surface area contributed by atoms with Crippen molar-refractivity contribution >= 4 is 23.6 Å². The van der Waals surface area contributed by atoms with Gasteiger partial charge in [-0.25, -0.2) is 0 Å². The molecule has 0 aliphatic carbocycles. The molecule has 1 aromatic carbocycles. The summed E-state index contributed by atoms with van der Waals surface area (Å²) in [5.41, 5.74) is 1.72. The monoisotopic (exact) mass is 321 g/mol. The summed E-state index contributed by atoms with van der Waals surface area (Å²) >= 11 is 5.87. The molecule has 1 unspecified atom stereocenters. The summed E-state index contributed by atoms with van der Waals surface area (Å²) in [6.07, 6.45) is 6.63. The van der Waals surface area contributed by atoms with Gasteiger partial charge >= 0.3 is 0 Å². The summed E-state index contributed by atoms with van der Waals surface area (Å²) in [5, 5.41) is 0.700. The van der Waals surface area contributed by atoms with Crippen molar-refractivity contribution in [3.05, 3.63) is 40.4 Å². The van der Waals surface area contributed by atoms with E-state index in [2.05, 4.69) is 0 Å². The second-order valence-corrected chi connectivity index (χ2v) is 6.32. The highest BCUT2D eigenvalue weighted by Crippen LogP contribution is 2.17. The predicted octanol–water partition coefficient (Wildman–Crippen LogP) is 4.16. The van der Waals surface area contributed by atoms with Gasteiger partial charge in [0.15, 0.2) is 0 Å². The Balaban J connectivity index is 1.87. The van der Waals surface area contributed by atoms with Crippen LogP contribution in [-0.2, 0) is 9.53 Å². The van der Waals surface area contributed by atoms with Gasteiger partial charge in [-0.3, -0.25) is 4.79 Å². The standard InChI is InChI=1S/C18H24ClNO2/c1-14(13-15-6-8-16(19)9-7-15)18(21)20(2)11-10-17-5-3-4-12-22-17/h6-9,13,17H,3-5,10-12H2,1-2H3/b14-13+. The summed E-state index contributed by atoms with van der Waals surface area (Å²) in [6.45, 7) is 3.44. The third kappa shape index (κ3) is 5.15. The van der Waals surface area contributed by atoms with Crippen LogP contribution in [0.5, 0.6) is 0 Å². The van der Waals surface area contributed by atoms with Crippen molar-refractivity contribution in [2.45, 2.75) is 38.7 Å². The third-order valence-corrected chi connectivity index (χ3v) is 4.25. The van der Waals surface area contributed by atoms with Crippen LogP contribution in [0.3, 0.4) is 0 Å². The maximum atomic E-state index is 12.4. The summed E-state index contributed by atoms with van der Waals surface area (Å²) in [4.78, 5) is 14.2. The summed E-state index contributed by atoms with van der Waals surface area (Å²) in [7, 11) is 1.85. The van der Waals surface area contributed by atoms with Gasteiger partial charge < -0.3 is 9.64 Å². The number of carbonyl (C=O) groups excluding carboxylic acids is 1. The molecule has 1 fully saturated rings. The Morgan fingerprint density at radius 1 is 1.36 bits per heavy atom. The molecule has 0 N–H and O–H groups in total. The topological polar surface area (TPSA) is 29.5 Å². The lowest BCUT2D eigenvalue weighted by molar-refractivity contribution is -0.126. The highest BCUT2D eigenvalue weighted by atomic mass is 35.5. The largest absolute Gasteiger partial charge is 0.378 e. The molecular formula is C18H24ClNO2. The van der Waals surface area contributed by atoms with E-state index in [-0.39, 0.29) is 5.91 Å². The van der Waals surface area contributed by atoms with E-state index in [1.54, 1.807) is 4.90 Å². The lowest BCUT2D eigenvalue weighted by Crippen LogP contribution is -2.31. The van der Waals surface area contributed by atoms with E-state index in [0.717, 1.165) is 43.6 Å². The van der Waals surface area contributed by atoms with Crippen LogP contribution in [0.1, 0.15) is 38.2 Å². The van der Waals surface area contributed by atoms with Crippen molar-refractivity contribution in [2.75, 3.05) is 20.2 Å². The molecule has 1 aromatic rings. The Bertz CT molecular complexity index is 518. The van der Waals surface area contributed by atoms with Gasteiger partial charge in [0, 0.05) is 30.8 Å². The molecule has 0 bridgehead atoms. The number of ether oxygens (including phenoxy) is 1. The van der Waals surface area contributed by atoms with Gasteiger partial charge in [-0.05, 0) is 56.4 Å². The Hall–Kier alpha value is -1.32. The van der Waals surface area contributed by atoms with Crippen LogP contribution in [0.4, 0.5) is 0 Å². The first kappa shape index (κ1) is 17.0. The molecule has 0 spiro atoms. The van der Waals surface area contributed by atoms with Crippen molar-refractivity contribution in [3.8, 4) is 0 Å². The van der Waals surface area contributed by atoms with Crippen molar-refractivity contribution in [1.29, 1.82) is 0 Å². The smallest absolute Gasteiger partial charge is 0.249 e. The Kier molecular flexibility index (Phi) is 6.47. The molecule has 0 saturated carbocycles. The van der Waals surface area contributed by atoms with E-state index < -0.39 is 0 Å². The molecule has 2 rings (SSSR count). The number of carbonyl (C=O) groups is 1. The fourth-order valence-electron chi connectivity index (χ4n) is 2.65. The van der Waals surface area contributed by atoms with Crippen LogP contribution < -0.4 is 0 Å². The minimum absolute atomic E-state index is 0.0609. The van der Waals surface area contributed by atoms with Gasteiger partial charge in [0.1, 0.15) is 0 Å². The summed E-state index contributed by atoms with van der Waals surface area (Å²) in [5.74, 6) is 0.0609. The maximum Gasteiger partial charge on any atom is 0.249 e. The molecule has 1 heterocycles. The van der Waals surface area contributed by atoms with Crippen molar-refractivity contribution in [3.63, 3.8) is 0 Å². The van der Waals surface area contributed by atoms with Gasteiger partial charge in [0.05, 0.1) is 6.10 Å². The first-order valence-corrected chi connectivity index (χ1v) is 8.25. The summed E-state index contributed by atoms with van der Waals surface area (Å²) < 4.78 is 5.71. The SMILES string of the molecule is C/C(=C\c1ccc(Cl)cc1)C(=O)N(C)CCC1CCCCO1. The molecule has 0 aromatic heterocycles. The van der Waals surface area contributed by atoms with Crippen LogP contribution >= 0.6 is 11.6 Å². The molecule has 1 aliphatic heterocycles. The molecule has 3 nitrogen and oxygen atoms in total. The van der Waals surface area contributed by atoms with Crippen LogP contribution in [0.2, 0.25) is 5.02 Å². The number of likely N-dealkylation sites (N-methyl/N-ethyl adjacent to an activating group) is 1. The number of hydrogen-bond donors (Lipinski definition) is 0. The number of hydrogen-bond acceptors (Lipinski definition) is 2. The highest BCUT2D eigenvalue weighted by molar-refractivity contribution is 6.30. The molecule has 1 atom stereocenters. The highest BCUT2D eigenvalue weighted by Gasteiger charge is 2.17. The van der Waals surface area contributed by atoms with Crippen LogP contribution in [0.15, 0.2) is 29.8 Å². The molecule has 0 radical (unpaired) electrons. The van der Waals surface area contributed by atoms with E-state index in [0.29, 0.717) is 11.1 Å². The zero-order valence-electron chi connectivity index (χ0n) is 13.3. The van der Waals surface area contributed by atoms with Gasteiger partial charge in [0.2, 0.25) is 5.91 Å². The lowest BCUT2D eigenvalue weighted by atomic mass is 10.1. The first-order chi connectivity index (χ1) is 10.6. The predicted molar refractivity (Wildman–Crippen MR) is 90.9 cm³/mol. The van der Waals surface area contributed by atoms with Crippen molar-refractivity contribution < 1.29 is 9.53 Å². The molecule has 4 heteroatoms. The maximum absolute atomic E-state index is 12.4. The van der Waals surface area contributed by atoms with Gasteiger partial charge in [-0.1, -0.05) is 23.7 Å². The van der Waals surface area contributed by atoms with Crippen molar-refractivity contribution in [2.24, 2.45) is 0 Å². The van der Waals surface area contributed by atoms with Gasteiger partial charge in [-0.15, -0.1) is 0 Å². The number of benzene rings is 1. The Labute approximate surface area is 137 Å². The number of rotatable bonds is 5. The third-order valence-electron chi connectivity index (χ3n) is 4.00. The minimum Gasteiger partial charge on any atom is -0.378 e. The first-order valence-electron chi connectivity index (χ1n) is 7.87. The molecule has 1 aliphatic rings. The van der Waals surface area contributed by atoms with Crippen LogP contribution in [0, 0.1) is 0 Å². The van der Waals surface area contributed by atoms with Crippen LogP contribution in [0.25, 0.3) is 6.08 Å². The Morgan fingerprint density at radius 3 is 2.73 bits per heavy atom. The van der Waals surface area contributed by atoms with E-state index in [9.17, 15) is 4.79 Å². The van der Waals surface area contributed by atoms with E-state index >= 15 is 0 Å². The molecular weight excluding hydrogens is 298 g/mol. The fourth-order valence-corrected chi connectivity index (χ4v) is 2.77. The number of amides is 1. The average Bonchev–Trinajstić information content (AvgIpc) is 2.55. The van der Waals surface area contributed by atoms with Crippen molar-refractivity contribution in [1.82, 2.24) is 4.90 Å². The van der Waals surface area contributed by atoms with E-state index in [1.165, 1.54) is 6.42 Å². The molecule has 1 saturated heterocycles. The zero-order valence-corrected chi connectivity index (χ0v) is 14.1. The average molecular weight is 322 g/mol. The molecule has 120 valence electrons. The zero-order chi connectivity index (χ0) is 15.9. The second kappa shape index (κ2) is 8.35. The van der Waals surface area contributed by atoms with E-state index in [4.69, 9.17) is 16.3 Å². The lowest BCUT2D eigenvalue weighted by Gasteiger charge is -2.25. The Morgan fingerprint density at radius 2 is 2.09 bits per heavy atom. The second-order valence-electron chi connectivity index (χ2n) is 5.88. The van der Waals surface area contributed by atoms with Gasteiger partial charge in [0.25, 0.3) is 0 Å². The molecule has 22 heavy (non-hydrogen) atoms. The van der Waals surface area contributed by atoms with E-state index in [1.807, 2.05) is 44.3 Å². The quantitative estimate of drug-likeness (QED) is 0.762.